The Kier molecular flexibility index (Phi) is 4.14. The van der Waals surface area contributed by atoms with Gasteiger partial charge in [0.1, 0.15) is 5.75 Å². The number of rotatable bonds is 5. The van der Waals surface area contributed by atoms with Gasteiger partial charge in [-0.3, -0.25) is 4.79 Å². The minimum Gasteiger partial charge on any atom is -0.497 e. The average Bonchev–Trinajstić information content (AvgIpc) is 3.35. The molecule has 1 amide bonds. The zero-order valence-electron chi connectivity index (χ0n) is 13.9. The predicted molar refractivity (Wildman–Crippen MR) is 90.0 cm³/mol. The first kappa shape index (κ1) is 15.9. The number of amides is 1. The first-order chi connectivity index (χ1) is 12.7. The van der Waals surface area contributed by atoms with Crippen molar-refractivity contribution in [1.29, 1.82) is 0 Å². The van der Waals surface area contributed by atoms with E-state index in [0.717, 1.165) is 5.56 Å². The summed E-state index contributed by atoms with van der Waals surface area (Å²) in [5.74, 6) is 1.78. The van der Waals surface area contributed by atoms with Gasteiger partial charge in [-0.25, -0.2) is 0 Å². The highest BCUT2D eigenvalue weighted by Gasteiger charge is 2.17. The molecule has 0 bridgehead atoms. The van der Waals surface area contributed by atoms with E-state index >= 15 is 0 Å². The number of fused-ring (bicyclic) bond motifs is 1. The molecule has 4 rings (SSSR count). The fourth-order valence-electron chi connectivity index (χ4n) is 2.50. The van der Waals surface area contributed by atoms with Gasteiger partial charge in [-0.15, -0.1) is 0 Å². The molecule has 1 aromatic heterocycles. The molecule has 0 spiro atoms. The zero-order valence-corrected chi connectivity index (χ0v) is 13.9. The Hall–Kier alpha value is -3.55. The lowest BCUT2D eigenvalue weighted by Crippen LogP contribution is -2.23. The van der Waals surface area contributed by atoms with E-state index in [4.69, 9.17) is 18.7 Å². The molecule has 8 nitrogen and oxygen atoms in total. The number of hydrogen-bond acceptors (Lipinski definition) is 7. The second-order valence-corrected chi connectivity index (χ2v) is 5.53. The molecule has 1 aliphatic heterocycles. The van der Waals surface area contributed by atoms with E-state index in [1.807, 2.05) is 30.3 Å². The van der Waals surface area contributed by atoms with Crippen molar-refractivity contribution < 1.29 is 23.5 Å². The maximum absolute atomic E-state index is 12.2. The number of carbonyl (C=O) groups excluding carboxylic acids is 1. The quantitative estimate of drug-likeness (QED) is 0.752. The smallest absolute Gasteiger partial charge is 0.316 e. The summed E-state index contributed by atoms with van der Waals surface area (Å²) in [4.78, 5) is 16.4. The van der Waals surface area contributed by atoms with Gasteiger partial charge in [-0.1, -0.05) is 23.4 Å². The summed E-state index contributed by atoms with van der Waals surface area (Å²) in [7, 11) is 1.57. The summed E-state index contributed by atoms with van der Waals surface area (Å²) in [6.07, 6.45) is 0. The Morgan fingerprint density at radius 3 is 2.96 bits per heavy atom. The maximum Gasteiger partial charge on any atom is 0.316 e. The highest BCUT2D eigenvalue weighted by molar-refractivity contribution is 5.89. The van der Waals surface area contributed by atoms with Crippen molar-refractivity contribution >= 4 is 5.91 Å². The van der Waals surface area contributed by atoms with E-state index in [-0.39, 0.29) is 12.7 Å². The van der Waals surface area contributed by atoms with Crippen LogP contribution in [0, 0.1) is 0 Å². The summed E-state index contributed by atoms with van der Waals surface area (Å²) in [6, 6.07) is 12.7. The van der Waals surface area contributed by atoms with Crippen LogP contribution >= 0.6 is 0 Å². The number of nitrogens with one attached hydrogen (secondary N) is 1. The SMILES string of the molecule is COc1cccc(-c2noc(C(=O)NCc3ccc4c(c3)OCO4)n2)c1. The molecule has 0 radical (unpaired) electrons. The molecule has 2 heterocycles. The third-order valence-corrected chi connectivity index (χ3v) is 3.84. The third-order valence-electron chi connectivity index (χ3n) is 3.84. The van der Waals surface area contributed by atoms with Crippen LogP contribution in [0.25, 0.3) is 11.4 Å². The summed E-state index contributed by atoms with van der Waals surface area (Å²) in [5.41, 5.74) is 1.57. The van der Waals surface area contributed by atoms with Crippen molar-refractivity contribution in [2.24, 2.45) is 0 Å². The largest absolute Gasteiger partial charge is 0.497 e. The van der Waals surface area contributed by atoms with Gasteiger partial charge >= 0.3 is 11.8 Å². The number of ether oxygens (including phenoxy) is 3. The molecule has 26 heavy (non-hydrogen) atoms. The van der Waals surface area contributed by atoms with Crippen LogP contribution in [0.2, 0.25) is 0 Å². The molecular weight excluding hydrogens is 338 g/mol. The van der Waals surface area contributed by atoms with E-state index in [9.17, 15) is 4.79 Å². The average molecular weight is 353 g/mol. The van der Waals surface area contributed by atoms with Crippen molar-refractivity contribution in [2.75, 3.05) is 13.9 Å². The molecule has 0 saturated carbocycles. The molecule has 0 unspecified atom stereocenters. The highest BCUT2D eigenvalue weighted by atomic mass is 16.7. The fraction of sp³-hybridized carbons (Fsp3) is 0.167. The lowest BCUT2D eigenvalue weighted by molar-refractivity contribution is 0.0907. The second-order valence-electron chi connectivity index (χ2n) is 5.53. The molecule has 2 aromatic carbocycles. The fourth-order valence-corrected chi connectivity index (χ4v) is 2.50. The van der Waals surface area contributed by atoms with Crippen molar-refractivity contribution in [3.63, 3.8) is 0 Å². The van der Waals surface area contributed by atoms with Gasteiger partial charge in [0.2, 0.25) is 12.6 Å². The van der Waals surface area contributed by atoms with Crippen LogP contribution in [-0.4, -0.2) is 30.0 Å². The van der Waals surface area contributed by atoms with E-state index in [1.54, 1.807) is 19.2 Å². The van der Waals surface area contributed by atoms with Crippen LogP contribution in [0.4, 0.5) is 0 Å². The molecule has 0 fully saturated rings. The van der Waals surface area contributed by atoms with Gasteiger partial charge < -0.3 is 24.1 Å². The van der Waals surface area contributed by atoms with Crippen LogP contribution in [0.3, 0.4) is 0 Å². The van der Waals surface area contributed by atoms with Crippen molar-refractivity contribution in [3.05, 3.63) is 53.9 Å². The first-order valence-electron chi connectivity index (χ1n) is 7.88. The van der Waals surface area contributed by atoms with Crippen molar-refractivity contribution in [2.45, 2.75) is 6.54 Å². The molecule has 132 valence electrons. The molecule has 0 aliphatic carbocycles. The molecule has 8 heteroatoms. The molecule has 3 aromatic rings. The van der Waals surface area contributed by atoms with Crippen LogP contribution in [0.15, 0.2) is 47.0 Å². The Bertz CT molecular complexity index is 954. The minimum atomic E-state index is -0.454. The number of aromatic nitrogens is 2. The topological polar surface area (TPSA) is 95.7 Å². The maximum atomic E-state index is 12.2. The van der Waals surface area contributed by atoms with E-state index < -0.39 is 5.91 Å². The van der Waals surface area contributed by atoms with Gasteiger partial charge in [0.25, 0.3) is 0 Å². The highest BCUT2D eigenvalue weighted by Crippen LogP contribution is 2.32. The summed E-state index contributed by atoms with van der Waals surface area (Å²) in [5, 5.41) is 6.58. The molecule has 1 aliphatic rings. The lowest BCUT2D eigenvalue weighted by Gasteiger charge is -2.03. The van der Waals surface area contributed by atoms with Gasteiger partial charge in [0.15, 0.2) is 11.5 Å². The minimum absolute atomic E-state index is 0.108. The van der Waals surface area contributed by atoms with Crippen molar-refractivity contribution in [1.82, 2.24) is 15.5 Å². The van der Waals surface area contributed by atoms with Crippen LogP contribution in [-0.2, 0) is 6.54 Å². The van der Waals surface area contributed by atoms with Gasteiger partial charge in [0, 0.05) is 12.1 Å². The number of nitrogens with zero attached hydrogens (tertiary/aromatic N) is 2. The monoisotopic (exact) mass is 353 g/mol. The van der Waals surface area contributed by atoms with E-state index in [0.29, 0.717) is 35.2 Å². The van der Waals surface area contributed by atoms with Crippen LogP contribution in [0.5, 0.6) is 17.2 Å². The van der Waals surface area contributed by atoms with Crippen LogP contribution < -0.4 is 19.5 Å². The first-order valence-corrected chi connectivity index (χ1v) is 7.88. The van der Waals surface area contributed by atoms with E-state index in [1.165, 1.54) is 0 Å². The standard InChI is InChI=1S/C18H15N3O5/c1-23-13-4-2-3-12(8-13)16-20-18(26-21-16)17(22)19-9-11-5-6-14-15(7-11)25-10-24-14/h2-8H,9-10H2,1H3,(H,19,22). The summed E-state index contributed by atoms with van der Waals surface area (Å²) in [6.45, 7) is 0.506. The molecular formula is C18H15N3O5. The number of hydrogen-bond donors (Lipinski definition) is 1. The third kappa shape index (κ3) is 3.16. The molecule has 0 atom stereocenters. The molecule has 1 N–H and O–H groups in total. The summed E-state index contributed by atoms with van der Waals surface area (Å²) < 4.78 is 20.8. The normalized spacial score (nSPS) is 12.0. The van der Waals surface area contributed by atoms with E-state index in [2.05, 4.69) is 15.5 Å². The van der Waals surface area contributed by atoms with Gasteiger partial charge in [-0.05, 0) is 29.8 Å². The Morgan fingerprint density at radius 1 is 1.19 bits per heavy atom. The van der Waals surface area contributed by atoms with Gasteiger partial charge in [-0.2, -0.15) is 4.98 Å². The number of carbonyl (C=O) groups is 1. The van der Waals surface area contributed by atoms with Crippen LogP contribution in [0.1, 0.15) is 16.2 Å². The van der Waals surface area contributed by atoms with Crippen molar-refractivity contribution in [3.8, 4) is 28.6 Å². The second kappa shape index (κ2) is 6.75. The Morgan fingerprint density at radius 2 is 2.08 bits per heavy atom. The van der Waals surface area contributed by atoms with Gasteiger partial charge in [0.05, 0.1) is 7.11 Å². The lowest BCUT2D eigenvalue weighted by atomic mass is 10.2. The summed E-state index contributed by atoms with van der Waals surface area (Å²) >= 11 is 0. The zero-order chi connectivity index (χ0) is 17.9. The number of methoxy groups -OCH3 is 1. The predicted octanol–water partition coefficient (Wildman–Crippen LogP) is 2.40. The Balaban J connectivity index is 1.43. The Labute approximate surface area is 148 Å². The number of benzene rings is 2. The molecule has 0 saturated heterocycles.